The van der Waals surface area contributed by atoms with Gasteiger partial charge in [0, 0.05) is 23.8 Å². The lowest BCUT2D eigenvalue weighted by molar-refractivity contribution is -0.128. The van der Waals surface area contributed by atoms with Crippen molar-refractivity contribution in [3.05, 3.63) is 22.7 Å². The van der Waals surface area contributed by atoms with E-state index in [0.717, 1.165) is 0 Å². The van der Waals surface area contributed by atoms with Crippen molar-refractivity contribution >= 4 is 37.5 Å². The SMILES string of the molecule is CCN(C)C(=O)CNS(=O)(=O)c1ccc(N)c(Br)c1. The standard InChI is InChI=1S/C11H16BrN3O3S/c1-3-15(2)11(16)7-14-19(17,18)8-4-5-10(13)9(12)6-8/h4-6,14H,3,7,13H2,1-2H3. The molecular weight excluding hydrogens is 334 g/mol. The van der Waals surface area contributed by atoms with Crippen LogP contribution in [0, 0.1) is 0 Å². The highest BCUT2D eigenvalue weighted by Gasteiger charge is 2.17. The zero-order chi connectivity index (χ0) is 14.6. The van der Waals surface area contributed by atoms with E-state index in [4.69, 9.17) is 5.73 Å². The number of likely N-dealkylation sites (N-methyl/N-ethyl adjacent to an activating group) is 1. The van der Waals surface area contributed by atoms with E-state index in [-0.39, 0.29) is 17.3 Å². The molecule has 0 aromatic heterocycles. The number of hydrogen-bond donors (Lipinski definition) is 2. The summed E-state index contributed by atoms with van der Waals surface area (Å²) in [6.07, 6.45) is 0. The van der Waals surface area contributed by atoms with Crippen molar-refractivity contribution in [1.29, 1.82) is 0 Å². The third-order valence-corrected chi connectivity index (χ3v) is 4.68. The number of anilines is 1. The molecule has 19 heavy (non-hydrogen) atoms. The third kappa shape index (κ3) is 4.19. The highest BCUT2D eigenvalue weighted by Crippen LogP contribution is 2.22. The van der Waals surface area contributed by atoms with Gasteiger partial charge in [-0.3, -0.25) is 4.79 Å². The lowest BCUT2D eigenvalue weighted by Crippen LogP contribution is -2.37. The zero-order valence-electron chi connectivity index (χ0n) is 10.7. The Labute approximate surface area is 121 Å². The number of amides is 1. The predicted molar refractivity (Wildman–Crippen MR) is 77.1 cm³/mol. The fourth-order valence-corrected chi connectivity index (χ4v) is 2.76. The molecule has 0 aliphatic heterocycles. The molecule has 1 aromatic rings. The van der Waals surface area contributed by atoms with E-state index in [1.54, 1.807) is 7.05 Å². The average Bonchev–Trinajstić information content (AvgIpc) is 2.38. The predicted octanol–water partition coefficient (Wildman–Crippen LogP) is 0.788. The van der Waals surface area contributed by atoms with Gasteiger partial charge in [-0.2, -0.15) is 0 Å². The van der Waals surface area contributed by atoms with Crippen LogP contribution in [0.3, 0.4) is 0 Å². The Morgan fingerprint density at radius 1 is 1.47 bits per heavy atom. The van der Waals surface area contributed by atoms with Gasteiger partial charge in [0.05, 0.1) is 11.4 Å². The molecule has 6 nitrogen and oxygen atoms in total. The maximum Gasteiger partial charge on any atom is 0.241 e. The summed E-state index contributed by atoms with van der Waals surface area (Å²) in [5.41, 5.74) is 6.03. The first-order chi connectivity index (χ1) is 8.77. The van der Waals surface area contributed by atoms with Crippen LogP contribution in [0.5, 0.6) is 0 Å². The molecule has 0 spiro atoms. The van der Waals surface area contributed by atoms with Crippen molar-refractivity contribution in [2.75, 3.05) is 25.9 Å². The molecule has 1 amide bonds. The molecule has 0 aliphatic rings. The van der Waals surface area contributed by atoms with Crippen LogP contribution in [0.1, 0.15) is 6.92 Å². The Morgan fingerprint density at radius 3 is 2.63 bits per heavy atom. The number of rotatable bonds is 5. The number of nitrogens with one attached hydrogen (secondary N) is 1. The Hall–Kier alpha value is -1.12. The quantitative estimate of drug-likeness (QED) is 0.768. The normalized spacial score (nSPS) is 11.3. The molecule has 0 aliphatic carbocycles. The second-order valence-electron chi connectivity index (χ2n) is 3.92. The maximum absolute atomic E-state index is 12.0. The van der Waals surface area contributed by atoms with Crippen LogP contribution >= 0.6 is 15.9 Å². The van der Waals surface area contributed by atoms with Crippen molar-refractivity contribution in [3.63, 3.8) is 0 Å². The summed E-state index contributed by atoms with van der Waals surface area (Å²) in [6.45, 7) is 2.06. The van der Waals surface area contributed by atoms with E-state index in [2.05, 4.69) is 20.7 Å². The number of sulfonamides is 1. The lowest BCUT2D eigenvalue weighted by Gasteiger charge is -2.15. The molecule has 0 radical (unpaired) electrons. The van der Waals surface area contributed by atoms with Gasteiger partial charge in [0.25, 0.3) is 0 Å². The molecule has 1 aromatic carbocycles. The van der Waals surface area contributed by atoms with Crippen molar-refractivity contribution < 1.29 is 13.2 Å². The molecule has 0 saturated carbocycles. The number of nitrogens with zero attached hydrogens (tertiary/aromatic N) is 1. The van der Waals surface area contributed by atoms with Crippen LogP contribution in [0.2, 0.25) is 0 Å². The molecule has 106 valence electrons. The van der Waals surface area contributed by atoms with Crippen molar-refractivity contribution in [3.8, 4) is 0 Å². The van der Waals surface area contributed by atoms with Crippen LogP contribution in [0.4, 0.5) is 5.69 Å². The Balaban J connectivity index is 2.82. The minimum atomic E-state index is -3.72. The smallest absolute Gasteiger partial charge is 0.241 e. The molecule has 0 atom stereocenters. The van der Waals surface area contributed by atoms with Gasteiger partial charge in [-0.15, -0.1) is 0 Å². The number of halogens is 1. The van der Waals surface area contributed by atoms with Gasteiger partial charge < -0.3 is 10.6 Å². The topological polar surface area (TPSA) is 92.5 Å². The number of carbonyl (C=O) groups is 1. The number of nitrogens with two attached hydrogens (primary N) is 1. The fourth-order valence-electron chi connectivity index (χ4n) is 1.23. The largest absolute Gasteiger partial charge is 0.398 e. The van der Waals surface area contributed by atoms with Crippen LogP contribution in [0.25, 0.3) is 0 Å². The van der Waals surface area contributed by atoms with Gasteiger partial charge >= 0.3 is 0 Å². The summed E-state index contributed by atoms with van der Waals surface area (Å²) < 4.78 is 26.7. The minimum absolute atomic E-state index is 0.0560. The molecule has 0 fully saturated rings. The van der Waals surface area contributed by atoms with Gasteiger partial charge in [-0.1, -0.05) is 0 Å². The first kappa shape index (κ1) is 15.9. The second-order valence-corrected chi connectivity index (χ2v) is 6.54. The minimum Gasteiger partial charge on any atom is -0.398 e. The zero-order valence-corrected chi connectivity index (χ0v) is 13.1. The Kier molecular flexibility index (Phi) is 5.33. The molecule has 0 unspecified atom stereocenters. The van der Waals surface area contributed by atoms with E-state index >= 15 is 0 Å². The summed E-state index contributed by atoms with van der Waals surface area (Å²) in [4.78, 5) is 13.0. The highest BCUT2D eigenvalue weighted by atomic mass is 79.9. The van der Waals surface area contributed by atoms with Crippen molar-refractivity contribution in [1.82, 2.24) is 9.62 Å². The van der Waals surface area contributed by atoms with Crippen LogP contribution in [-0.2, 0) is 14.8 Å². The van der Waals surface area contributed by atoms with Gasteiger partial charge in [-0.05, 0) is 41.1 Å². The maximum atomic E-state index is 12.0. The average molecular weight is 350 g/mol. The van der Waals surface area contributed by atoms with E-state index < -0.39 is 10.0 Å². The number of carbonyl (C=O) groups excluding carboxylic acids is 1. The Bertz CT molecular complexity index is 575. The number of hydrogen-bond acceptors (Lipinski definition) is 4. The summed E-state index contributed by atoms with van der Waals surface area (Å²) in [6, 6.07) is 4.26. The van der Waals surface area contributed by atoms with Crippen LogP contribution in [0.15, 0.2) is 27.6 Å². The van der Waals surface area contributed by atoms with E-state index in [0.29, 0.717) is 16.7 Å². The van der Waals surface area contributed by atoms with E-state index in [1.165, 1.54) is 23.1 Å². The lowest BCUT2D eigenvalue weighted by atomic mass is 10.3. The highest BCUT2D eigenvalue weighted by molar-refractivity contribution is 9.10. The van der Waals surface area contributed by atoms with Gasteiger partial charge in [0.1, 0.15) is 0 Å². The molecule has 3 N–H and O–H groups in total. The van der Waals surface area contributed by atoms with Crippen molar-refractivity contribution in [2.24, 2.45) is 0 Å². The fraction of sp³-hybridized carbons (Fsp3) is 0.364. The first-order valence-electron chi connectivity index (χ1n) is 5.56. The summed E-state index contributed by atoms with van der Waals surface area (Å²) in [5, 5.41) is 0. The third-order valence-electron chi connectivity index (χ3n) is 2.60. The van der Waals surface area contributed by atoms with Crippen molar-refractivity contribution in [2.45, 2.75) is 11.8 Å². The first-order valence-corrected chi connectivity index (χ1v) is 7.84. The summed E-state index contributed by atoms with van der Waals surface area (Å²) in [7, 11) is -2.11. The van der Waals surface area contributed by atoms with Crippen LogP contribution in [-0.4, -0.2) is 39.4 Å². The second kappa shape index (κ2) is 6.36. The molecular formula is C11H16BrN3O3S. The summed E-state index contributed by atoms with van der Waals surface area (Å²) >= 11 is 3.16. The van der Waals surface area contributed by atoms with Crippen LogP contribution < -0.4 is 10.5 Å². The number of benzene rings is 1. The number of nitrogen functional groups attached to an aromatic ring is 1. The monoisotopic (exact) mass is 349 g/mol. The Morgan fingerprint density at radius 2 is 2.11 bits per heavy atom. The molecule has 1 rings (SSSR count). The molecule has 8 heteroatoms. The van der Waals surface area contributed by atoms with Gasteiger partial charge in [-0.25, -0.2) is 13.1 Å². The van der Waals surface area contributed by atoms with E-state index in [9.17, 15) is 13.2 Å². The molecule has 0 saturated heterocycles. The molecule has 0 heterocycles. The van der Waals surface area contributed by atoms with E-state index in [1.807, 2.05) is 6.92 Å². The van der Waals surface area contributed by atoms with Gasteiger partial charge in [0.15, 0.2) is 0 Å². The summed E-state index contributed by atoms with van der Waals surface area (Å²) in [5.74, 6) is -0.291. The molecule has 0 bridgehead atoms. The van der Waals surface area contributed by atoms with Gasteiger partial charge in [0.2, 0.25) is 15.9 Å².